The van der Waals surface area contributed by atoms with Crippen molar-refractivity contribution in [3.05, 3.63) is 65.2 Å². The van der Waals surface area contributed by atoms with Crippen LogP contribution in [0, 0.1) is 0 Å². The van der Waals surface area contributed by atoms with Crippen LogP contribution in [0.5, 0.6) is 5.75 Å². The fourth-order valence-electron chi connectivity index (χ4n) is 1.69. The van der Waals surface area contributed by atoms with Crippen molar-refractivity contribution < 1.29 is 24.2 Å². The molecule has 0 heterocycles. The van der Waals surface area contributed by atoms with Crippen LogP contribution in [-0.4, -0.2) is 24.2 Å². The molecule has 0 aliphatic carbocycles. The second-order valence-electron chi connectivity index (χ2n) is 4.26. The molecule has 0 aromatic heterocycles. The van der Waals surface area contributed by atoms with E-state index in [1.54, 1.807) is 24.3 Å². The molecule has 0 spiro atoms. The Balaban J connectivity index is 2.06. The SMILES string of the molecule is COC(=O)c1ccc(OC(=O)c2ccc(CO)cc2)cc1. The molecular weight excluding hydrogens is 272 g/mol. The Morgan fingerprint density at radius 1 is 0.905 bits per heavy atom. The number of esters is 2. The van der Waals surface area contributed by atoms with Crippen molar-refractivity contribution >= 4 is 11.9 Å². The third-order valence-electron chi connectivity index (χ3n) is 2.86. The summed E-state index contributed by atoms with van der Waals surface area (Å²) in [5.41, 5.74) is 1.47. The van der Waals surface area contributed by atoms with E-state index >= 15 is 0 Å². The lowest BCUT2D eigenvalue weighted by molar-refractivity contribution is 0.0600. The standard InChI is InChI=1S/C16H14O5/c1-20-15(18)12-6-8-14(9-7-12)21-16(19)13-4-2-11(10-17)3-5-13/h2-9,17H,10H2,1H3. The van der Waals surface area contributed by atoms with Crippen LogP contribution in [-0.2, 0) is 11.3 Å². The molecule has 0 saturated carbocycles. The molecule has 0 radical (unpaired) electrons. The Hall–Kier alpha value is -2.66. The highest BCUT2D eigenvalue weighted by Gasteiger charge is 2.10. The van der Waals surface area contributed by atoms with Crippen molar-refractivity contribution in [2.24, 2.45) is 0 Å². The van der Waals surface area contributed by atoms with Crippen LogP contribution in [0.15, 0.2) is 48.5 Å². The average Bonchev–Trinajstić information content (AvgIpc) is 2.55. The van der Waals surface area contributed by atoms with E-state index in [1.165, 1.54) is 31.4 Å². The minimum absolute atomic E-state index is 0.0790. The number of ether oxygens (including phenoxy) is 2. The summed E-state index contributed by atoms with van der Waals surface area (Å²) in [6.45, 7) is -0.0790. The lowest BCUT2D eigenvalue weighted by Crippen LogP contribution is -2.09. The number of hydrogen-bond donors (Lipinski definition) is 1. The van der Waals surface area contributed by atoms with Crippen LogP contribution in [0.4, 0.5) is 0 Å². The fraction of sp³-hybridized carbons (Fsp3) is 0.125. The number of carbonyl (C=O) groups is 2. The van der Waals surface area contributed by atoms with Crippen molar-refractivity contribution in [2.75, 3.05) is 7.11 Å². The molecule has 0 fully saturated rings. The van der Waals surface area contributed by atoms with E-state index in [4.69, 9.17) is 9.84 Å². The summed E-state index contributed by atoms with van der Waals surface area (Å²) in [7, 11) is 1.30. The summed E-state index contributed by atoms with van der Waals surface area (Å²) in [6.07, 6.45) is 0. The Morgan fingerprint density at radius 3 is 1.95 bits per heavy atom. The maximum Gasteiger partial charge on any atom is 0.343 e. The van der Waals surface area contributed by atoms with E-state index in [9.17, 15) is 9.59 Å². The van der Waals surface area contributed by atoms with Crippen molar-refractivity contribution in [3.63, 3.8) is 0 Å². The molecule has 108 valence electrons. The molecule has 2 rings (SSSR count). The molecule has 0 aliphatic rings. The van der Waals surface area contributed by atoms with Gasteiger partial charge in [-0.25, -0.2) is 9.59 Å². The maximum atomic E-state index is 11.9. The van der Waals surface area contributed by atoms with Crippen LogP contribution in [0.1, 0.15) is 26.3 Å². The third-order valence-corrected chi connectivity index (χ3v) is 2.86. The quantitative estimate of drug-likeness (QED) is 0.689. The van der Waals surface area contributed by atoms with Gasteiger partial charge in [0.25, 0.3) is 0 Å². The molecule has 0 aliphatic heterocycles. The lowest BCUT2D eigenvalue weighted by atomic mass is 10.1. The zero-order chi connectivity index (χ0) is 15.2. The molecule has 0 unspecified atom stereocenters. The second kappa shape index (κ2) is 6.67. The van der Waals surface area contributed by atoms with Gasteiger partial charge in [0.1, 0.15) is 5.75 Å². The monoisotopic (exact) mass is 286 g/mol. The Morgan fingerprint density at radius 2 is 1.43 bits per heavy atom. The Labute approximate surface area is 121 Å². The smallest absolute Gasteiger partial charge is 0.343 e. The van der Waals surface area contributed by atoms with Crippen LogP contribution in [0.3, 0.4) is 0 Å². The highest BCUT2D eigenvalue weighted by Crippen LogP contribution is 2.15. The molecular formula is C16H14O5. The largest absolute Gasteiger partial charge is 0.465 e. The fourth-order valence-corrected chi connectivity index (χ4v) is 1.69. The third kappa shape index (κ3) is 3.67. The van der Waals surface area contributed by atoms with E-state index in [2.05, 4.69) is 4.74 Å². The number of aliphatic hydroxyl groups is 1. The first-order valence-corrected chi connectivity index (χ1v) is 6.24. The molecule has 2 aromatic carbocycles. The van der Waals surface area contributed by atoms with Gasteiger partial charge in [0.2, 0.25) is 0 Å². The van der Waals surface area contributed by atoms with E-state index in [-0.39, 0.29) is 6.61 Å². The van der Waals surface area contributed by atoms with Crippen molar-refractivity contribution in [1.82, 2.24) is 0 Å². The van der Waals surface area contributed by atoms with Gasteiger partial charge in [0.15, 0.2) is 0 Å². The summed E-state index contributed by atoms with van der Waals surface area (Å²) >= 11 is 0. The lowest BCUT2D eigenvalue weighted by Gasteiger charge is -2.05. The molecule has 0 atom stereocenters. The van der Waals surface area contributed by atoms with Gasteiger partial charge in [-0.05, 0) is 42.0 Å². The van der Waals surface area contributed by atoms with Crippen molar-refractivity contribution in [3.8, 4) is 5.75 Å². The predicted molar refractivity (Wildman–Crippen MR) is 75.1 cm³/mol. The van der Waals surface area contributed by atoms with E-state index in [1.807, 2.05) is 0 Å². The van der Waals surface area contributed by atoms with Crippen molar-refractivity contribution in [1.29, 1.82) is 0 Å². The van der Waals surface area contributed by atoms with Gasteiger partial charge in [0.05, 0.1) is 24.8 Å². The summed E-state index contributed by atoms with van der Waals surface area (Å²) < 4.78 is 9.77. The number of carbonyl (C=O) groups excluding carboxylic acids is 2. The van der Waals surface area contributed by atoms with Gasteiger partial charge >= 0.3 is 11.9 Å². The Kier molecular flexibility index (Phi) is 4.68. The van der Waals surface area contributed by atoms with Crippen molar-refractivity contribution in [2.45, 2.75) is 6.61 Å². The first kappa shape index (κ1) is 14.7. The first-order chi connectivity index (χ1) is 10.1. The molecule has 5 heteroatoms. The highest BCUT2D eigenvalue weighted by atomic mass is 16.5. The minimum Gasteiger partial charge on any atom is -0.465 e. The molecule has 0 amide bonds. The summed E-state index contributed by atoms with van der Waals surface area (Å²) in [4.78, 5) is 23.2. The summed E-state index contributed by atoms with van der Waals surface area (Å²) in [6, 6.07) is 12.5. The van der Waals surface area contributed by atoms with Crippen LogP contribution in [0.2, 0.25) is 0 Å². The van der Waals surface area contributed by atoms with Crippen LogP contribution >= 0.6 is 0 Å². The number of rotatable bonds is 4. The second-order valence-corrected chi connectivity index (χ2v) is 4.26. The van der Waals surface area contributed by atoms with Gasteiger partial charge in [-0.1, -0.05) is 12.1 Å². The van der Waals surface area contributed by atoms with Gasteiger partial charge < -0.3 is 14.6 Å². The summed E-state index contributed by atoms with van der Waals surface area (Å²) in [5, 5.41) is 8.94. The first-order valence-electron chi connectivity index (χ1n) is 6.24. The minimum atomic E-state index is -0.509. The molecule has 1 N–H and O–H groups in total. The molecule has 0 bridgehead atoms. The number of methoxy groups -OCH3 is 1. The zero-order valence-electron chi connectivity index (χ0n) is 11.4. The highest BCUT2D eigenvalue weighted by molar-refractivity contribution is 5.92. The summed E-state index contributed by atoms with van der Waals surface area (Å²) in [5.74, 6) is -0.628. The Bertz CT molecular complexity index is 629. The molecule has 0 saturated heterocycles. The maximum absolute atomic E-state index is 11.9. The zero-order valence-corrected chi connectivity index (χ0v) is 11.4. The topological polar surface area (TPSA) is 72.8 Å². The van der Waals surface area contributed by atoms with Gasteiger partial charge in [-0.2, -0.15) is 0 Å². The van der Waals surface area contributed by atoms with E-state index in [0.717, 1.165) is 0 Å². The predicted octanol–water partition coefficient (Wildman–Crippen LogP) is 2.18. The number of benzene rings is 2. The van der Waals surface area contributed by atoms with Crippen LogP contribution in [0.25, 0.3) is 0 Å². The normalized spacial score (nSPS) is 10.0. The molecule has 21 heavy (non-hydrogen) atoms. The van der Waals surface area contributed by atoms with Gasteiger partial charge in [-0.3, -0.25) is 0 Å². The number of aliphatic hydroxyl groups excluding tert-OH is 1. The van der Waals surface area contributed by atoms with E-state index < -0.39 is 11.9 Å². The van der Waals surface area contributed by atoms with E-state index in [0.29, 0.717) is 22.4 Å². The molecule has 5 nitrogen and oxygen atoms in total. The average molecular weight is 286 g/mol. The molecule has 2 aromatic rings. The van der Waals surface area contributed by atoms with Crippen LogP contribution < -0.4 is 4.74 Å². The van der Waals surface area contributed by atoms with Gasteiger partial charge in [0, 0.05) is 0 Å². The van der Waals surface area contributed by atoms with Gasteiger partial charge in [-0.15, -0.1) is 0 Å². The number of hydrogen-bond acceptors (Lipinski definition) is 5.